The summed E-state index contributed by atoms with van der Waals surface area (Å²) in [5, 5.41) is 2.12. The van der Waals surface area contributed by atoms with Gasteiger partial charge in [0, 0.05) is 14.1 Å². The summed E-state index contributed by atoms with van der Waals surface area (Å²) in [5.74, 6) is -2.78. The Morgan fingerprint density at radius 3 is 2.16 bits per heavy atom. The molecule has 19 heavy (non-hydrogen) atoms. The van der Waals surface area contributed by atoms with Crippen LogP contribution < -0.4 is 5.32 Å². The third kappa shape index (κ3) is 2.74. The zero-order valence-corrected chi connectivity index (χ0v) is 11.8. The molecule has 1 fully saturated rings. The number of hydrogen-bond acceptors (Lipinski definition) is 4. The highest BCUT2D eigenvalue weighted by molar-refractivity contribution is 6.17. The first-order valence-corrected chi connectivity index (χ1v) is 6.07. The summed E-state index contributed by atoms with van der Waals surface area (Å²) < 4.78 is 0. The van der Waals surface area contributed by atoms with E-state index in [9.17, 15) is 19.2 Å². The van der Waals surface area contributed by atoms with Crippen molar-refractivity contribution in [2.24, 2.45) is 11.8 Å². The monoisotopic (exact) mass is 269 g/mol. The van der Waals surface area contributed by atoms with Crippen molar-refractivity contribution >= 4 is 23.8 Å². The van der Waals surface area contributed by atoms with Gasteiger partial charge in [0.1, 0.15) is 12.0 Å². The molecule has 1 aliphatic heterocycles. The number of nitrogens with one attached hydrogen (secondary N) is 1. The number of urea groups is 1. The zero-order valence-electron chi connectivity index (χ0n) is 11.8. The largest absolute Gasteiger partial charge is 0.347 e. The zero-order chi connectivity index (χ0) is 14.9. The fourth-order valence-corrected chi connectivity index (χ4v) is 2.04. The molecule has 0 bridgehead atoms. The van der Waals surface area contributed by atoms with E-state index in [1.54, 1.807) is 13.8 Å². The lowest BCUT2D eigenvalue weighted by Crippen LogP contribution is -2.63. The SMILES string of the molecule is CC(C)C1C(=O)NC(=O)N(C(C)C(=O)N(C)C)C1=O. The van der Waals surface area contributed by atoms with E-state index in [2.05, 4.69) is 5.32 Å². The van der Waals surface area contributed by atoms with Crippen LogP contribution in [0.1, 0.15) is 20.8 Å². The van der Waals surface area contributed by atoms with Crippen LogP contribution in [-0.2, 0) is 14.4 Å². The van der Waals surface area contributed by atoms with E-state index < -0.39 is 29.8 Å². The molecule has 2 unspecified atom stereocenters. The smallest absolute Gasteiger partial charge is 0.331 e. The summed E-state index contributed by atoms with van der Waals surface area (Å²) in [7, 11) is 3.08. The van der Waals surface area contributed by atoms with Crippen molar-refractivity contribution < 1.29 is 19.2 Å². The molecule has 1 rings (SSSR count). The maximum atomic E-state index is 12.2. The minimum absolute atomic E-state index is 0.246. The molecule has 2 atom stereocenters. The van der Waals surface area contributed by atoms with Crippen LogP contribution in [0, 0.1) is 11.8 Å². The van der Waals surface area contributed by atoms with E-state index in [-0.39, 0.29) is 11.8 Å². The first-order valence-electron chi connectivity index (χ1n) is 6.07. The van der Waals surface area contributed by atoms with E-state index in [1.807, 2.05) is 0 Å². The number of imide groups is 2. The third-order valence-corrected chi connectivity index (χ3v) is 3.09. The van der Waals surface area contributed by atoms with Crippen LogP contribution in [0.5, 0.6) is 0 Å². The Hall–Kier alpha value is -1.92. The van der Waals surface area contributed by atoms with E-state index >= 15 is 0 Å². The molecule has 0 spiro atoms. The molecule has 7 nitrogen and oxygen atoms in total. The van der Waals surface area contributed by atoms with E-state index in [0.29, 0.717) is 0 Å². The molecule has 5 amide bonds. The van der Waals surface area contributed by atoms with Gasteiger partial charge in [-0.05, 0) is 12.8 Å². The van der Waals surface area contributed by atoms with Crippen molar-refractivity contribution in [1.82, 2.24) is 15.1 Å². The predicted octanol–water partition coefficient (Wildman–Crippen LogP) is -0.186. The van der Waals surface area contributed by atoms with Crippen LogP contribution in [0.3, 0.4) is 0 Å². The Labute approximate surface area is 111 Å². The highest BCUT2D eigenvalue weighted by atomic mass is 16.2. The number of hydrogen-bond donors (Lipinski definition) is 1. The lowest BCUT2D eigenvalue weighted by Gasteiger charge is -2.35. The number of amides is 5. The first-order chi connectivity index (χ1) is 8.68. The van der Waals surface area contributed by atoms with Gasteiger partial charge in [0.05, 0.1) is 0 Å². The van der Waals surface area contributed by atoms with Gasteiger partial charge in [-0.2, -0.15) is 0 Å². The molecule has 1 N–H and O–H groups in total. The first kappa shape index (κ1) is 15.1. The van der Waals surface area contributed by atoms with Gasteiger partial charge >= 0.3 is 6.03 Å². The van der Waals surface area contributed by atoms with Gasteiger partial charge in [-0.25, -0.2) is 4.79 Å². The fraction of sp³-hybridized carbons (Fsp3) is 0.667. The molecular formula is C12H19N3O4. The molecule has 0 saturated carbocycles. The van der Waals surface area contributed by atoms with Crippen LogP contribution in [0.4, 0.5) is 4.79 Å². The molecule has 7 heteroatoms. The number of carbonyl (C=O) groups is 4. The topological polar surface area (TPSA) is 86.8 Å². The second kappa shape index (κ2) is 5.38. The van der Waals surface area contributed by atoms with Gasteiger partial charge in [0.15, 0.2) is 0 Å². The van der Waals surface area contributed by atoms with Crippen LogP contribution in [0.15, 0.2) is 0 Å². The minimum Gasteiger partial charge on any atom is -0.347 e. The summed E-state index contributed by atoms with van der Waals surface area (Å²) in [6.07, 6.45) is 0. The van der Waals surface area contributed by atoms with Crippen molar-refractivity contribution in [3.63, 3.8) is 0 Å². The van der Waals surface area contributed by atoms with Crippen molar-refractivity contribution in [3.8, 4) is 0 Å². The third-order valence-electron chi connectivity index (χ3n) is 3.09. The van der Waals surface area contributed by atoms with Gasteiger partial charge in [0.2, 0.25) is 17.7 Å². The van der Waals surface area contributed by atoms with Crippen molar-refractivity contribution in [3.05, 3.63) is 0 Å². The van der Waals surface area contributed by atoms with Crippen LogP contribution in [0.2, 0.25) is 0 Å². The fourth-order valence-electron chi connectivity index (χ4n) is 2.04. The highest BCUT2D eigenvalue weighted by Gasteiger charge is 2.45. The Bertz CT molecular complexity index is 431. The van der Waals surface area contributed by atoms with E-state index in [4.69, 9.17) is 0 Å². The Morgan fingerprint density at radius 2 is 1.74 bits per heavy atom. The molecule has 0 aromatic heterocycles. The number of likely N-dealkylation sites (N-methyl/N-ethyl adjacent to an activating group) is 1. The Kier molecular flexibility index (Phi) is 4.28. The van der Waals surface area contributed by atoms with Gasteiger partial charge in [0.25, 0.3) is 0 Å². The van der Waals surface area contributed by atoms with E-state index in [0.717, 1.165) is 4.90 Å². The molecule has 1 heterocycles. The molecule has 0 aromatic rings. The predicted molar refractivity (Wildman–Crippen MR) is 66.9 cm³/mol. The molecule has 0 radical (unpaired) electrons. The number of barbiturate groups is 1. The standard InChI is InChI=1S/C12H19N3O4/c1-6(2)8-9(16)13-12(19)15(11(8)18)7(3)10(17)14(4)5/h6-8H,1-5H3,(H,13,16,19). The van der Waals surface area contributed by atoms with Crippen molar-refractivity contribution in [1.29, 1.82) is 0 Å². The summed E-state index contributed by atoms with van der Waals surface area (Å²) in [5.41, 5.74) is 0. The van der Waals surface area contributed by atoms with Gasteiger partial charge in [-0.1, -0.05) is 13.8 Å². The molecule has 0 aliphatic carbocycles. The van der Waals surface area contributed by atoms with Crippen LogP contribution in [0.25, 0.3) is 0 Å². The summed E-state index contributed by atoms with van der Waals surface area (Å²) in [6.45, 7) is 4.90. The lowest BCUT2D eigenvalue weighted by molar-refractivity contribution is -0.150. The normalized spacial score (nSPS) is 21.5. The van der Waals surface area contributed by atoms with Gasteiger partial charge < -0.3 is 4.90 Å². The Morgan fingerprint density at radius 1 is 1.21 bits per heavy atom. The van der Waals surface area contributed by atoms with Crippen molar-refractivity contribution in [2.45, 2.75) is 26.8 Å². The number of carbonyl (C=O) groups excluding carboxylic acids is 4. The molecule has 1 saturated heterocycles. The maximum absolute atomic E-state index is 12.2. The number of rotatable bonds is 3. The summed E-state index contributed by atoms with van der Waals surface area (Å²) >= 11 is 0. The maximum Gasteiger partial charge on any atom is 0.331 e. The lowest BCUT2D eigenvalue weighted by atomic mass is 9.91. The van der Waals surface area contributed by atoms with Gasteiger partial charge in [-0.15, -0.1) is 0 Å². The Balaban J connectivity index is 3.06. The minimum atomic E-state index is -0.935. The molecular weight excluding hydrogens is 250 g/mol. The summed E-state index contributed by atoms with van der Waals surface area (Å²) in [6, 6.07) is -1.77. The average molecular weight is 269 g/mol. The number of nitrogens with zero attached hydrogens (tertiary/aromatic N) is 2. The van der Waals surface area contributed by atoms with Crippen LogP contribution >= 0.6 is 0 Å². The molecule has 106 valence electrons. The molecule has 1 aliphatic rings. The summed E-state index contributed by atoms with van der Waals surface area (Å²) in [4.78, 5) is 49.6. The van der Waals surface area contributed by atoms with Crippen LogP contribution in [-0.4, -0.2) is 53.7 Å². The average Bonchev–Trinajstić information content (AvgIpc) is 2.25. The second-order valence-electron chi connectivity index (χ2n) is 5.13. The van der Waals surface area contributed by atoms with Gasteiger partial charge in [-0.3, -0.25) is 24.6 Å². The van der Waals surface area contributed by atoms with E-state index in [1.165, 1.54) is 25.9 Å². The second-order valence-corrected chi connectivity index (χ2v) is 5.13. The highest BCUT2D eigenvalue weighted by Crippen LogP contribution is 2.21. The quantitative estimate of drug-likeness (QED) is 0.720. The molecule has 0 aromatic carbocycles. The van der Waals surface area contributed by atoms with Crippen molar-refractivity contribution in [2.75, 3.05) is 14.1 Å².